The van der Waals surface area contributed by atoms with Gasteiger partial charge in [0, 0.05) is 50.6 Å². The van der Waals surface area contributed by atoms with Crippen molar-refractivity contribution < 1.29 is 19.1 Å². The van der Waals surface area contributed by atoms with Crippen LogP contribution in [0.5, 0.6) is 0 Å². The number of nitrogens with one attached hydrogen (secondary N) is 2. The molecule has 202 valence electrons. The number of carbonyl (C=O) groups excluding carboxylic acids is 2. The van der Waals surface area contributed by atoms with Gasteiger partial charge in [-0.25, -0.2) is 0 Å². The van der Waals surface area contributed by atoms with Crippen LogP contribution in [0.2, 0.25) is 0 Å². The molecule has 0 spiro atoms. The second-order valence-electron chi connectivity index (χ2n) is 9.94. The summed E-state index contributed by atoms with van der Waals surface area (Å²) in [7, 11) is 0. The first kappa shape index (κ1) is 27.3. The molecule has 8 nitrogen and oxygen atoms in total. The Bertz CT molecular complexity index is 1200. The Labute approximate surface area is 224 Å². The molecule has 2 heterocycles. The molecule has 0 saturated carbocycles. The van der Waals surface area contributed by atoms with E-state index in [-0.39, 0.29) is 24.2 Å². The van der Waals surface area contributed by atoms with Gasteiger partial charge >= 0.3 is 0 Å². The smallest absolute Gasteiger partial charge is 0.291 e. The molecule has 1 aliphatic rings. The van der Waals surface area contributed by atoms with Crippen molar-refractivity contribution in [3.8, 4) is 0 Å². The van der Waals surface area contributed by atoms with Gasteiger partial charge in [0.15, 0.2) is 5.76 Å². The van der Waals surface area contributed by atoms with Crippen LogP contribution in [0.3, 0.4) is 0 Å². The summed E-state index contributed by atoms with van der Waals surface area (Å²) in [6, 6.07) is 17.2. The van der Waals surface area contributed by atoms with Gasteiger partial charge in [-0.15, -0.1) is 0 Å². The first-order valence-corrected chi connectivity index (χ1v) is 13.4. The predicted molar refractivity (Wildman–Crippen MR) is 151 cm³/mol. The van der Waals surface area contributed by atoms with Crippen molar-refractivity contribution in [3.05, 3.63) is 77.7 Å². The van der Waals surface area contributed by atoms with Crippen molar-refractivity contribution in [1.29, 1.82) is 0 Å². The summed E-state index contributed by atoms with van der Waals surface area (Å²) >= 11 is 0. The molecular weight excluding hydrogens is 480 g/mol. The fraction of sp³-hybridized carbons (Fsp3) is 0.400. The number of para-hydroxylation sites is 1. The predicted octanol–water partition coefficient (Wildman–Crippen LogP) is 4.70. The lowest BCUT2D eigenvalue weighted by Crippen LogP contribution is -2.47. The number of hydrogen-bond donors (Lipinski definition) is 3. The molecular formula is C30H38N4O4. The molecule has 0 aliphatic carbocycles. The van der Waals surface area contributed by atoms with Crippen molar-refractivity contribution in [3.63, 3.8) is 0 Å². The topological polar surface area (TPSA) is 98.0 Å². The molecule has 2 amide bonds. The van der Waals surface area contributed by atoms with Gasteiger partial charge in [0.1, 0.15) is 0 Å². The van der Waals surface area contributed by atoms with Crippen LogP contribution in [0.15, 0.2) is 65.3 Å². The maximum atomic E-state index is 12.9. The number of anilines is 3. The van der Waals surface area contributed by atoms with Gasteiger partial charge in [0.2, 0.25) is 0 Å². The van der Waals surface area contributed by atoms with Crippen LogP contribution < -0.4 is 20.4 Å². The lowest BCUT2D eigenvalue weighted by molar-refractivity contribution is 0.0950. The van der Waals surface area contributed by atoms with Crippen LogP contribution in [-0.2, 0) is 0 Å². The van der Waals surface area contributed by atoms with Crippen LogP contribution in [0.25, 0.3) is 0 Å². The van der Waals surface area contributed by atoms with Crippen LogP contribution in [0, 0.1) is 12.8 Å². The van der Waals surface area contributed by atoms with E-state index in [9.17, 15) is 9.59 Å². The van der Waals surface area contributed by atoms with Gasteiger partial charge in [-0.05, 0) is 74.1 Å². The zero-order valence-corrected chi connectivity index (χ0v) is 22.3. The molecule has 3 aromatic rings. The molecule has 1 unspecified atom stereocenters. The number of furan rings is 1. The molecule has 1 fully saturated rings. The summed E-state index contributed by atoms with van der Waals surface area (Å²) in [4.78, 5) is 30.4. The molecule has 38 heavy (non-hydrogen) atoms. The molecule has 1 atom stereocenters. The summed E-state index contributed by atoms with van der Waals surface area (Å²) in [6.45, 7) is 8.26. The summed E-state index contributed by atoms with van der Waals surface area (Å²) in [6.07, 6.45) is 4.02. The molecule has 0 bridgehead atoms. The van der Waals surface area contributed by atoms with Crippen molar-refractivity contribution in [1.82, 2.24) is 5.32 Å². The number of aliphatic hydroxyl groups excluding tert-OH is 1. The molecule has 4 rings (SSSR count). The Morgan fingerprint density at radius 2 is 1.68 bits per heavy atom. The Morgan fingerprint density at radius 3 is 2.37 bits per heavy atom. The van der Waals surface area contributed by atoms with E-state index < -0.39 is 0 Å². The Hall–Kier alpha value is -3.78. The third kappa shape index (κ3) is 6.95. The normalized spacial score (nSPS) is 14.3. The van der Waals surface area contributed by atoms with Gasteiger partial charge in [0.05, 0.1) is 17.6 Å². The number of piperazine rings is 1. The SMILES string of the molecule is Cc1ccccc1N1CCN(c2ccc(C(=O)NCCCC(C)CCO)cc2NC(=O)c2ccco2)CC1. The molecule has 0 radical (unpaired) electrons. The average Bonchev–Trinajstić information content (AvgIpc) is 3.47. The lowest BCUT2D eigenvalue weighted by atomic mass is 10.0. The Kier molecular flexibility index (Phi) is 9.43. The van der Waals surface area contributed by atoms with E-state index in [1.54, 1.807) is 18.2 Å². The highest BCUT2D eigenvalue weighted by molar-refractivity contribution is 6.05. The standard InChI is InChI=1S/C30H38N4O4/c1-22(13-19-35)7-5-14-31-29(36)24-11-12-27(25(21-24)32-30(37)28-10-6-20-38-28)34-17-15-33(16-18-34)26-9-4-3-8-23(26)2/h3-4,6,8-12,20-22,35H,5,7,13-19H2,1-2H3,(H,31,36)(H,32,37). The minimum Gasteiger partial charge on any atom is -0.459 e. The Morgan fingerprint density at radius 1 is 0.947 bits per heavy atom. The van der Waals surface area contributed by atoms with Gasteiger partial charge < -0.3 is 30.0 Å². The van der Waals surface area contributed by atoms with Gasteiger partial charge in [0.25, 0.3) is 11.8 Å². The number of aliphatic hydroxyl groups is 1. The van der Waals surface area contributed by atoms with E-state index in [0.717, 1.165) is 51.1 Å². The fourth-order valence-corrected chi connectivity index (χ4v) is 4.87. The lowest BCUT2D eigenvalue weighted by Gasteiger charge is -2.38. The zero-order chi connectivity index (χ0) is 26.9. The molecule has 1 aromatic heterocycles. The van der Waals surface area contributed by atoms with Gasteiger partial charge in [-0.2, -0.15) is 0 Å². The van der Waals surface area contributed by atoms with E-state index in [1.807, 2.05) is 12.1 Å². The Balaban J connectivity index is 1.46. The zero-order valence-electron chi connectivity index (χ0n) is 22.3. The van der Waals surface area contributed by atoms with Crippen LogP contribution >= 0.6 is 0 Å². The van der Waals surface area contributed by atoms with E-state index in [0.29, 0.717) is 23.7 Å². The molecule has 1 aliphatic heterocycles. The number of nitrogens with zero attached hydrogens (tertiary/aromatic N) is 2. The third-order valence-corrected chi connectivity index (χ3v) is 7.11. The van der Waals surface area contributed by atoms with Crippen LogP contribution in [-0.4, -0.2) is 56.3 Å². The molecule has 2 aromatic carbocycles. The first-order valence-electron chi connectivity index (χ1n) is 13.4. The number of carbonyl (C=O) groups is 2. The second-order valence-corrected chi connectivity index (χ2v) is 9.94. The van der Waals surface area contributed by atoms with Crippen molar-refractivity contribution in [2.75, 3.05) is 54.4 Å². The molecule has 8 heteroatoms. The van der Waals surface area contributed by atoms with Gasteiger partial charge in [-0.3, -0.25) is 9.59 Å². The number of hydrogen-bond acceptors (Lipinski definition) is 6. The van der Waals surface area contributed by atoms with Crippen molar-refractivity contribution in [2.24, 2.45) is 5.92 Å². The van der Waals surface area contributed by atoms with E-state index in [2.05, 4.69) is 58.5 Å². The monoisotopic (exact) mass is 518 g/mol. The highest BCUT2D eigenvalue weighted by Gasteiger charge is 2.23. The second kappa shape index (κ2) is 13.1. The van der Waals surface area contributed by atoms with E-state index >= 15 is 0 Å². The quantitative estimate of drug-likeness (QED) is 0.319. The highest BCUT2D eigenvalue weighted by atomic mass is 16.3. The van der Waals surface area contributed by atoms with Gasteiger partial charge in [-0.1, -0.05) is 25.1 Å². The highest BCUT2D eigenvalue weighted by Crippen LogP contribution is 2.30. The molecule has 3 N–H and O–H groups in total. The van der Waals surface area contributed by atoms with Crippen LogP contribution in [0.4, 0.5) is 17.1 Å². The summed E-state index contributed by atoms with van der Waals surface area (Å²) in [5.41, 5.74) is 4.45. The fourth-order valence-electron chi connectivity index (χ4n) is 4.87. The maximum absolute atomic E-state index is 12.9. The minimum atomic E-state index is -0.356. The number of benzene rings is 2. The van der Waals surface area contributed by atoms with E-state index in [4.69, 9.17) is 9.52 Å². The average molecular weight is 519 g/mol. The molecule has 1 saturated heterocycles. The largest absolute Gasteiger partial charge is 0.459 e. The minimum absolute atomic E-state index is 0.177. The summed E-state index contributed by atoms with van der Waals surface area (Å²) in [5.74, 6) is 0.104. The van der Waals surface area contributed by atoms with Crippen molar-refractivity contribution in [2.45, 2.75) is 33.1 Å². The number of amides is 2. The van der Waals surface area contributed by atoms with E-state index in [1.165, 1.54) is 17.5 Å². The number of aryl methyl sites for hydroxylation is 1. The van der Waals surface area contributed by atoms with Crippen LogP contribution in [0.1, 0.15) is 52.7 Å². The summed E-state index contributed by atoms with van der Waals surface area (Å²) in [5, 5.41) is 15.0. The number of rotatable bonds is 11. The first-order chi connectivity index (χ1) is 18.5. The summed E-state index contributed by atoms with van der Waals surface area (Å²) < 4.78 is 5.28. The van der Waals surface area contributed by atoms with Crippen molar-refractivity contribution >= 4 is 28.9 Å². The maximum Gasteiger partial charge on any atom is 0.291 e. The third-order valence-electron chi connectivity index (χ3n) is 7.11.